The van der Waals surface area contributed by atoms with Crippen molar-refractivity contribution in [2.24, 2.45) is 7.05 Å². The minimum absolute atomic E-state index is 0.0825. The molecule has 2 aromatic rings. The average molecular weight is 440 g/mol. The normalized spacial score (nSPS) is 14.6. The Morgan fingerprint density at radius 1 is 1.16 bits per heavy atom. The van der Waals surface area contributed by atoms with Gasteiger partial charge in [-0.2, -0.15) is 13.2 Å². The summed E-state index contributed by atoms with van der Waals surface area (Å²) >= 11 is 0. The number of ether oxygens (including phenoxy) is 1. The van der Waals surface area contributed by atoms with Crippen LogP contribution in [0.15, 0.2) is 33.9 Å². The number of halogens is 3. The maximum Gasteiger partial charge on any atom is 0.416 e. The summed E-state index contributed by atoms with van der Waals surface area (Å²) in [5, 5.41) is 0. The Kier molecular flexibility index (Phi) is 6.42. The van der Waals surface area contributed by atoms with E-state index in [-0.39, 0.29) is 24.4 Å². The number of aromatic amines is 1. The zero-order valence-electron chi connectivity index (χ0n) is 17.2. The lowest BCUT2D eigenvalue weighted by molar-refractivity contribution is -0.137. The van der Waals surface area contributed by atoms with Gasteiger partial charge in [0.2, 0.25) is 0 Å². The standard InChI is InChI=1S/C20H23F3N4O4/c1-3-31-19(30)27-9-7-26(8-10-27)16-15(17(28)25(2)18(29)24-16)12-13-5-4-6-14(11-13)20(21,22)23/h4-6,11H,3,7-10,12H2,1-2H3,(H,24,29). The van der Waals surface area contributed by atoms with Gasteiger partial charge in [0.25, 0.3) is 5.56 Å². The molecule has 1 N–H and O–H groups in total. The summed E-state index contributed by atoms with van der Waals surface area (Å²) in [5.41, 5.74) is -1.53. The molecule has 3 rings (SSSR count). The highest BCUT2D eigenvalue weighted by molar-refractivity contribution is 5.68. The number of alkyl halides is 3. The molecule has 0 atom stereocenters. The van der Waals surface area contributed by atoms with Gasteiger partial charge in [0.15, 0.2) is 0 Å². The average Bonchev–Trinajstić information content (AvgIpc) is 2.74. The van der Waals surface area contributed by atoms with Gasteiger partial charge in [-0.3, -0.25) is 14.3 Å². The van der Waals surface area contributed by atoms with Crippen molar-refractivity contribution in [2.45, 2.75) is 19.5 Å². The minimum atomic E-state index is -4.50. The predicted octanol–water partition coefficient (Wildman–Crippen LogP) is 1.96. The van der Waals surface area contributed by atoms with Crippen molar-refractivity contribution in [3.8, 4) is 0 Å². The van der Waals surface area contributed by atoms with E-state index >= 15 is 0 Å². The second kappa shape index (κ2) is 8.86. The van der Waals surface area contributed by atoms with Crippen molar-refractivity contribution in [1.29, 1.82) is 0 Å². The molecule has 0 spiro atoms. The summed E-state index contributed by atoms with van der Waals surface area (Å²) in [6.45, 7) is 3.26. The zero-order valence-corrected chi connectivity index (χ0v) is 17.2. The smallest absolute Gasteiger partial charge is 0.416 e. The van der Waals surface area contributed by atoms with Crippen LogP contribution >= 0.6 is 0 Å². The molecule has 31 heavy (non-hydrogen) atoms. The van der Waals surface area contributed by atoms with Crippen LogP contribution in [0.25, 0.3) is 0 Å². The van der Waals surface area contributed by atoms with Crippen LogP contribution in [0.3, 0.4) is 0 Å². The molecule has 11 heteroatoms. The van der Waals surface area contributed by atoms with Crippen LogP contribution in [-0.4, -0.2) is 53.3 Å². The second-order valence-electron chi connectivity index (χ2n) is 7.17. The van der Waals surface area contributed by atoms with Crippen molar-refractivity contribution in [3.05, 3.63) is 61.8 Å². The fourth-order valence-electron chi connectivity index (χ4n) is 3.47. The molecule has 1 aromatic heterocycles. The maximum absolute atomic E-state index is 13.1. The summed E-state index contributed by atoms with van der Waals surface area (Å²) in [4.78, 5) is 42.8. The lowest BCUT2D eigenvalue weighted by atomic mass is 10.0. The molecule has 0 aliphatic carbocycles. The van der Waals surface area contributed by atoms with E-state index in [0.29, 0.717) is 31.7 Å². The van der Waals surface area contributed by atoms with Gasteiger partial charge in [-0.1, -0.05) is 18.2 Å². The number of carbonyl (C=O) groups excluding carboxylic acids is 1. The van der Waals surface area contributed by atoms with Crippen LogP contribution in [0.5, 0.6) is 0 Å². The van der Waals surface area contributed by atoms with Crippen LogP contribution < -0.4 is 16.1 Å². The molecule has 1 aromatic carbocycles. The van der Waals surface area contributed by atoms with Crippen LogP contribution in [0, 0.1) is 0 Å². The van der Waals surface area contributed by atoms with Gasteiger partial charge in [-0.15, -0.1) is 0 Å². The highest BCUT2D eigenvalue weighted by Crippen LogP contribution is 2.30. The molecule has 1 fully saturated rings. The molecule has 0 bridgehead atoms. The Hall–Kier alpha value is -3.24. The van der Waals surface area contributed by atoms with Crippen LogP contribution in [0.4, 0.5) is 23.8 Å². The highest BCUT2D eigenvalue weighted by Gasteiger charge is 2.31. The number of amides is 1. The maximum atomic E-state index is 13.1. The molecule has 1 aliphatic heterocycles. The highest BCUT2D eigenvalue weighted by atomic mass is 19.4. The monoisotopic (exact) mass is 440 g/mol. The molecule has 0 radical (unpaired) electrons. The topological polar surface area (TPSA) is 87.6 Å². The molecular formula is C20H23F3N4O4. The predicted molar refractivity (Wildman–Crippen MR) is 107 cm³/mol. The largest absolute Gasteiger partial charge is 0.450 e. The van der Waals surface area contributed by atoms with Gasteiger partial charge in [-0.25, -0.2) is 9.59 Å². The molecule has 1 amide bonds. The SMILES string of the molecule is CCOC(=O)N1CCN(c2[nH]c(=O)n(C)c(=O)c2Cc2cccc(C(F)(F)F)c2)CC1. The number of hydrogen-bond donors (Lipinski definition) is 1. The van der Waals surface area contributed by atoms with Gasteiger partial charge < -0.3 is 14.5 Å². The summed E-state index contributed by atoms with van der Waals surface area (Å²) in [7, 11) is 1.30. The van der Waals surface area contributed by atoms with E-state index in [9.17, 15) is 27.6 Å². The van der Waals surface area contributed by atoms with Crippen molar-refractivity contribution in [1.82, 2.24) is 14.5 Å². The van der Waals surface area contributed by atoms with E-state index in [1.165, 1.54) is 24.1 Å². The number of H-pyrrole nitrogens is 1. The summed E-state index contributed by atoms with van der Waals surface area (Å²) in [6, 6.07) is 4.74. The second-order valence-corrected chi connectivity index (χ2v) is 7.17. The number of rotatable bonds is 4. The zero-order chi connectivity index (χ0) is 22.8. The fourth-order valence-corrected chi connectivity index (χ4v) is 3.47. The number of piperazine rings is 1. The van der Waals surface area contributed by atoms with Crippen LogP contribution in [0.1, 0.15) is 23.6 Å². The first-order valence-electron chi connectivity index (χ1n) is 9.76. The molecule has 168 valence electrons. The van der Waals surface area contributed by atoms with Gasteiger partial charge in [-0.05, 0) is 18.6 Å². The number of anilines is 1. The quantitative estimate of drug-likeness (QED) is 0.786. The van der Waals surface area contributed by atoms with Gasteiger partial charge >= 0.3 is 18.0 Å². The van der Waals surface area contributed by atoms with E-state index < -0.39 is 29.1 Å². The number of nitrogens with one attached hydrogen (secondary N) is 1. The van der Waals surface area contributed by atoms with Crippen molar-refractivity contribution in [2.75, 3.05) is 37.7 Å². The fraction of sp³-hybridized carbons (Fsp3) is 0.450. The lowest BCUT2D eigenvalue weighted by Crippen LogP contribution is -2.50. The van der Waals surface area contributed by atoms with Crippen molar-refractivity contribution < 1.29 is 22.7 Å². The van der Waals surface area contributed by atoms with E-state index in [2.05, 4.69) is 4.98 Å². The third-order valence-electron chi connectivity index (χ3n) is 5.14. The third-order valence-corrected chi connectivity index (χ3v) is 5.14. The molecule has 8 nitrogen and oxygen atoms in total. The molecule has 2 heterocycles. The number of benzene rings is 1. The molecular weight excluding hydrogens is 417 g/mol. The minimum Gasteiger partial charge on any atom is -0.450 e. The number of nitrogens with zero attached hydrogens (tertiary/aromatic N) is 3. The van der Waals surface area contributed by atoms with E-state index in [4.69, 9.17) is 4.74 Å². The van der Waals surface area contributed by atoms with Gasteiger partial charge in [0.05, 0.1) is 17.7 Å². The molecule has 0 unspecified atom stereocenters. The first kappa shape index (κ1) is 22.4. The Labute approximate surface area is 175 Å². The summed E-state index contributed by atoms with van der Waals surface area (Å²) in [5.74, 6) is 0.258. The first-order chi connectivity index (χ1) is 14.6. The Morgan fingerprint density at radius 2 is 1.84 bits per heavy atom. The number of aromatic nitrogens is 2. The molecule has 1 aliphatic rings. The van der Waals surface area contributed by atoms with E-state index in [1.807, 2.05) is 0 Å². The third kappa shape index (κ3) is 4.92. The Bertz CT molecular complexity index is 1070. The number of hydrogen-bond acceptors (Lipinski definition) is 5. The Balaban J connectivity index is 1.92. The van der Waals surface area contributed by atoms with E-state index in [0.717, 1.165) is 16.7 Å². The van der Waals surface area contributed by atoms with E-state index in [1.54, 1.807) is 11.8 Å². The van der Waals surface area contributed by atoms with Crippen LogP contribution in [-0.2, 0) is 24.4 Å². The van der Waals surface area contributed by atoms with Crippen molar-refractivity contribution in [3.63, 3.8) is 0 Å². The first-order valence-corrected chi connectivity index (χ1v) is 9.76. The summed E-state index contributed by atoms with van der Waals surface area (Å²) < 4.78 is 45.1. The summed E-state index contributed by atoms with van der Waals surface area (Å²) in [6.07, 6.45) is -5.03. The Morgan fingerprint density at radius 3 is 2.45 bits per heavy atom. The van der Waals surface area contributed by atoms with Gasteiger partial charge in [0, 0.05) is 39.6 Å². The van der Waals surface area contributed by atoms with Gasteiger partial charge in [0.1, 0.15) is 5.82 Å². The molecule has 0 saturated carbocycles. The molecule has 1 saturated heterocycles. The number of carbonyl (C=O) groups is 1. The van der Waals surface area contributed by atoms with Crippen molar-refractivity contribution >= 4 is 11.9 Å². The van der Waals surface area contributed by atoms with Crippen LogP contribution in [0.2, 0.25) is 0 Å². The lowest BCUT2D eigenvalue weighted by Gasteiger charge is -2.35.